The summed E-state index contributed by atoms with van der Waals surface area (Å²) in [5.41, 5.74) is 0.138. The highest BCUT2D eigenvalue weighted by molar-refractivity contribution is 6.74. The molecule has 0 unspecified atom stereocenters. The molecule has 0 spiro atoms. The van der Waals surface area contributed by atoms with Crippen LogP contribution in [0.3, 0.4) is 0 Å². The Morgan fingerprint density at radius 3 is 2.27 bits per heavy atom. The van der Waals surface area contributed by atoms with Crippen molar-refractivity contribution in [3.63, 3.8) is 0 Å². The first-order valence-corrected chi connectivity index (χ1v) is 15.0. The number of ether oxygens (including phenoxy) is 4. The van der Waals surface area contributed by atoms with Gasteiger partial charge in [-0.3, -0.25) is 0 Å². The minimum Gasteiger partial charge on any atom is -0.413 e. The SMILES string of the molecule is COC(C[C@]1(C)[C@@H](O[Si](C)(C)C(C)(C)C)C[C@H]2OC[C@@]2(OCc2ccccc2)[C@H]1CO)OC. The summed E-state index contributed by atoms with van der Waals surface area (Å²) in [6, 6.07) is 10.2. The van der Waals surface area contributed by atoms with E-state index < -0.39 is 25.6 Å². The molecule has 6 nitrogen and oxygen atoms in total. The van der Waals surface area contributed by atoms with Gasteiger partial charge in [0.1, 0.15) is 5.60 Å². The molecule has 33 heavy (non-hydrogen) atoms. The number of aliphatic hydroxyl groups is 1. The van der Waals surface area contributed by atoms with E-state index >= 15 is 0 Å². The van der Waals surface area contributed by atoms with E-state index in [1.165, 1.54) is 0 Å². The molecule has 1 heterocycles. The standard InChI is InChI=1S/C26H44O6Si/c1-24(2,3)33(7,8)32-21-14-22-26(18-30-22,31-17-19-12-10-9-11-13-19)20(16-27)25(21,4)15-23(28-5)29-6/h9-13,20-23,27H,14-18H2,1-8H3/t20-,21-,22+,25-,26+/m0/s1. The van der Waals surface area contributed by atoms with E-state index in [9.17, 15) is 5.11 Å². The molecule has 0 amide bonds. The van der Waals surface area contributed by atoms with Crippen LogP contribution in [0.25, 0.3) is 0 Å². The first-order chi connectivity index (χ1) is 15.4. The van der Waals surface area contributed by atoms with Crippen LogP contribution in [0.4, 0.5) is 0 Å². The minimum atomic E-state index is -2.08. The van der Waals surface area contributed by atoms with Gasteiger partial charge in [0.05, 0.1) is 25.4 Å². The Morgan fingerprint density at radius 1 is 1.15 bits per heavy atom. The molecule has 3 rings (SSSR count). The summed E-state index contributed by atoms with van der Waals surface area (Å²) in [6.45, 7) is 14.5. The van der Waals surface area contributed by atoms with Crippen LogP contribution in [0, 0.1) is 11.3 Å². The van der Waals surface area contributed by atoms with E-state index in [1.807, 2.05) is 18.2 Å². The van der Waals surface area contributed by atoms with Crippen molar-refractivity contribution in [1.82, 2.24) is 0 Å². The first kappa shape index (κ1) is 26.8. The summed E-state index contributed by atoms with van der Waals surface area (Å²) >= 11 is 0. The second-order valence-corrected chi connectivity index (χ2v) is 16.2. The van der Waals surface area contributed by atoms with Crippen molar-refractivity contribution in [2.24, 2.45) is 11.3 Å². The predicted molar refractivity (Wildman–Crippen MR) is 131 cm³/mol. The van der Waals surface area contributed by atoms with Gasteiger partial charge in [-0.15, -0.1) is 0 Å². The zero-order valence-corrected chi connectivity index (χ0v) is 22.7. The number of fused-ring (bicyclic) bond motifs is 1. The highest BCUT2D eigenvalue weighted by Crippen LogP contribution is 2.58. The van der Waals surface area contributed by atoms with Crippen LogP contribution >= 0.6 is 0 Å². The van der Waals surface area contributed by atoms with Crippen molar-refractivity contribution in [2.75, 3.05) is 27.4 Å². The number of hydrogen-bond donors (Lipinski definition) is 1. The average molecular weight is 481 g/mol. The van der Waals surface area contributed by atoms with Gasteiger partial charge >= 0.3 is 0 Å². The first-order valence-electron chi connectivity index (χ1n) is 12.1. The Labute approximate surface area is 201 Å². The topological polar surface area (TPSA) is 66.4 Å². The van der Waals surface area contributed by atoms with Crippen molar-refractivity contribution in [2.45, 2.75) is 89.4 Å². The van der Waals surface area contributed by atoms with Crippen molar-refractivity contribution in [1.29, 1.82) is 0 Å². The summed E-state index contributed by atoms with van der Waals surface area (Å²) in [6.07, 6.45) is 0.743. The molecule has 1 N–H and O–H groups in total. The van der Waals surface area contributed by atoms with Crippen LogP contribution in [-0.4, -0.2) is 65.0 Å². The van der Waals surface area contributed by atoms with Gasteiger partial charge in [-0.25, -0.2) is 0 Å². The number of benzene rings is 1. The van der Waals surface area contributed by atoms with E-state index in [1.54, 1.807) is 14.2 Å². The van der Waals surface area contributed by atoms with Crippen molar-refractivity contribution in [3.05, 3.63) is 35.9 Å². The Kier molecular flexibility index (Phi) is 8.16. The Balaban J connectivity index is 1.95. The fourth-order valence-electron chi connectivity index (χ4n) is 5.21. The van der Waals surface area contributed by atoms with Gasteiger partial charge in [-0.2, -0.15) is 0 Å². The van der Waals surface area contributed by atoms with Gasteiger partial charge in [-0.05, 0) is 23.7 Å². The summed E-state index contributed by atoms with van der Waals surface area (Å²) < 4.78 is 31.0. The third-order valence-corrected chi connectivity index (χ3v) is 13.0. The molecule has 0 aromatic heterocycles. The molecule has 2 fully saturated rings. The lowest BCUT2D eigenvalue weighted by molar-refractivity contribution is -0.345. The average Bonchev–Trinajstić information content (AvgIpc) is 2.75. The van der Waals surface area contributed by atoms with Gasteiger partial charge in [0, 0.05) is 45.0 Å². The third-order valence-electron chi connectivity index (χ3n) is 8.51. The van der Waals surface area contributed by atoms with E-state index in [0.717, 1.165) is 12.0 Å². The molecule has 5 atom stereocenters. The largest absolute Gasteiger partial charge is 0.413 e. The maximum Gasteiger partial charge on any atom is 0.192 e. The van der Waals surface area contributed by atoms with E-state index in [4.69, 9.17) is 23.4 Å². The predicted octanol–water partition coefficient (Wildman–Crippen LogP) is 4.76. The summed E-state index contributed by atoms with van der Waals surface area (Å²) in [7, 11) is 1.25. The van der Waals surface area contributed by atoms with Crippen LogP contribution in [0.2, 0.25) is 18.1 Å². The van der Waals surface area contributed by atoms with Crippen molar-refractivity contribution < 1.29 is 28.5 Å². The molecule has 7 heteroatoms. The van der Waals surface area contributed by atoms with Crippen LogP contribution in [0.1, 0.15) is 46.1 Å². The molecule has 0 radical (unpaired) electrons. The lowest BCUT2D eigenvalue weighted by atomic mass is 9.55. The van der Waals surface area contributed by atoms with Crippen LogP contribution < -0.4 is 0 Å². The molecular weight excluding hydrogens is 436 g/mol. The number of aliphatic hydroxyl groups excluding tert-OH is 1. The molecule has 188 valence electrons. The fraction of sp³-hybridized carbons (Fsp3) is 0.769. The second kappa shape index (κ2) is 10.1. The van der Waals surface area contributed by atoms with Gasteiger partial charge in [-0.1, -0.05) is 58.0 Å². The third kappa shape index (κ3) is 5.10. The molecule has 0 bridgehead atoms. The van der Waals surface area contributed by atoms with Gasteiger partial charge in [0.15, 0.2) is 14.6 Å². The Bertz CT molecular complexity index is 762. The maximum atomic E-state index is 10.8. The highest BCUT2D eigenvalue weighted by Gasteiger charge is 2.67. The molecule has 1 saturated heterocycles. The summed E-state index contributed by atoms with van der Waals surface area (Å²) in [4.78, 5) is 0. The smallest absolute Gasteiger partial charge is 0.192 e. The zero-order chi connectivity index (χ0) is 24.5. The summed E-state index contributed by atoms with van der Waals surface area (Å²) in [5, 5.41) is 10.9. The zero-order valence-electron chi connectivity index (χ0n) is 21.7. The van der Waals surface area contributed by atoms with Crippen molar-refractivity contribution in [3.8, 4) is 0 Å². The molecule has 1 aliphatic heterocycles. The molecule has 2 aliphatic rings. The van der Waals surface area contributed by atoms with Gasteiger partial charge in [0.2, 0.25) is 0 Å². The van der Waals surface area contributed by atoms with Gasteiger partial charge < -0.3 is 28.5 Å². The molecule has 1 aliphatic carbocycles. The lowest BCUT2D eigenvalue weighted by Crippen LogP contribution is -2.75. The summed E-state index contributed by atoms with van der Waals surface area (Å²) in [5.74, 6) is -0.177. The minimum absolute atomic E-state index is 0.0112. The quantitative estimate of drug-likeness (QED) is 0.385. The monoisotopic (exact) mass is 480 g/mol. The second-order valence-electron chi connectivity index (χ2n) is 11.5. The molecule has 1 aromatic rings. The normalized spacial score (nSPS) is 32.5. The Hall–Kier alpha value is -0.803. The van der Waals surface area contributed by atoms with E-state index in [-0.39, 0.29) is 29.8 Å². The van der Waals surface area contributed by atoms with Crippen molar-refractivity contribution >= 4 is 8.32 Å². The van der Waals surface area contributed by atoms with Crippen LogP contribution in [0.5, 0.6) is 0 Å². The van der Waals surface area contributed by atoms with Gasteiger partial charge in [0.25, 0.3) is 0 Å². The van der Waals surface area contributed by atoms with E-state index in [2.05, 4.69) is 52.9 Å². The number of methoxy groups -OCH3 is 2. The Morgan fingerprint density at radius 2 is 1.79 bits per heavy atom. The fourth-order valence-corrected chi connectivity index (χ4v) is 6.64. The maximum absolute atomic E-state index is 10.8. The molecular formula is C26H44O6Si. The number of hydrogen-bond acceptors (Lipinski definition) is 6. The van der Waals surface area contributed by atoms with E-state index in [0.29, 0.717) is 19.6 Å². The molecule has 1 aromatic carbocycles. The lowest BCUT2D eigenvalue weighted by Gasteiger charge is -2.64. The highest BCUT2D eigenvalue weighted by atomic mass is 28.4. The molecule has 1 saturated carbocycles. The van der Waals surface area contributed by atoms with Crippen LogP contribution in [0.15, 0.2) is 30.3 Å². The van der Waals surface area contributed by atoms with Crippen LogP contribution in [-0.2, 0) is 30.0 Å². The number of rotatable bonds is 10.